The molecule has 3 N–H and O–H groups in total. The first-order valence-electron chi connectivity index (χ1n) is 9.20. The highest BCUT2D eigenvalue weighted by Crippen LogP contribution is 2.25. The molecule has 6 heteroatoms. The molecule has 2 fully saturated rings. The Morgan fingerprint density at radius 1 is 1.12 bits per heavy atom. The Hall–Kier alpha value is -2.08. The van der Waals surface area contributed by atoms with Gasteiger partial charge in [-0.3, -0.25) is 4.79 Å². The number of nitrogens with one attached hydrogen (secondary N) is 1. The van der Waals surface area contributed by atoms with Crippen molar-refractivity contribution >= 4 is 17.6 Å². The van der Waals surface area contributed by atoms with Gasteiger partial charge < -0.3 is 20.9 Å². The van der Waals surface area contributed by atoms with Crippen LogP contribution in [0.3, 0.4) is 0 Å². The SMILES string of the molecule is Cc1cccc(NC(=O)N2CCN(C(=O)C3CCCC(N)C3)CC2)c1. The molecule has 0 bridgehead atoms. The summed E-state index contributed by atoms with van der Waals surface area (Å²) in [5.74, 6) is 0.283. The van der Waals surface area contributed by atoms with E-state index in [1.165, 1.54) is 0 Å². The van der Waals surface area contributed by atoms with Crippen LogP contribution in [0.2, 0.25) is 0 Å². The zero-order valence-corrected chi connectivity index (χ0v) is 14.9. The molecule has 2 aliphatic rings. The summed E-state index contributed by atoms with van der Waals surface area (Å²) in [4.78, 5) is 28.7. The third kappa shape index (κ3) is 4.51. The predicted molar refractivity (Wildman–Crippen MR) is 98.3 cm³/mol. The molecule has 1 aliphatic heterocycles. The summed E-state index contributed by atoms with van der Waals surface area (Å²) in [7, 11) is 0. The number of anilines is 1. The molecule has 1 heterocycles. The normalized spacial score (nSPS) is 24.1. The van der Waals surface area contributed by atoms with E-state index in [0.717, 1.165) is 36.9 Å². The van der Waals surface area contributed by atoms with Gasteiger partial charge in [-0.15, -0.1) is 0 Å². The fourth-order valence-corrected chi connectivity index (χ4v) is 3.77. The third-order valence-corrected chi connectivity index (χ3v) is 5.21. The van der Waals surface area contributed by atoms with E-state index in [-0.39, 0.29) is 23.9 Å². The highest BCUT2D eigenvalue weighted by Gasteiger charge is 2.31. The molecular weight excluding hydrogens is 316 g/mol. The number of carbonyl (C=O) groups is 2. The highest BCUT2D eigenvalue weighted by molar-refractivity contribution is 5.89. The molecule has 3 rings (SSSR count). The number of urea groups is 1. The van der Waals surface area contributed by atoms with Gasteiger partial charge >= 0.3 is 6.03 Å². The number of nitrogens with zero attached hydrogens (tertiary/aromatic N) is 2. The topological polar surface area (TPSA) is 78.7 Å². The number of aryl methyl sites for hydroxylation is 1. The molecule has 3 amide bonds. The lowest BCUT2D eigenvalue weighted by molar-refractivity contribution is -0.138. The summed E-state index contributed by atoms with van der Waals surface area (Å²) in [6.45, 7) is 4.35. The molecule has 1 aromatic rings. The fraction of sp³-hybridized carbons (Fsp3) is 0.579. The number of rotatable bonds is 2. The van der Waals surface area contributed by atoms with Crippen LogP contribution in [0, 0.1) is 12.8 Å². The number of hydrogen-bond donors (Lipinski definition) is 2. The van der Waals surface area contributed by atoms with E-state index in [2.05, 4.69) is 5.32 Å². The second-order valence-corrected chi connectivity index (χ2v) is 7.24. The van der Waals surface area contributed by atoms with Gasteiger partial charge in [-0.05, 0) is 43.9 Å². The predicted octanol–water partition coefficient (Wildman–Crippen LogP) is 2.19. The molecule has 25 heavy (non-hydrogen) atoms. The van der Waals surface area contributed by atoms with E-state index in [9.17, 15) is 9.59 Å². The fourth-order valence-electron chi connectivity index (χ4n) is 3.77. The lowest BCUT2D eigenvalue weighted by Crippen LogP contribution is -2.53. The van der Waals surface area contributed by atoms with Crippen molar-refractivity contribution in [1.29, 1.82) is 0 Å². The summed E-state index contributed by atoms with van der Waals surface area (Å²) in [6, 6.07) is 7.82. The Morgan fingerprint density at radius 2 is 1.84 bits per heavy atom. The average Bonchev–Trinajstić information content (AvgIpc) is 2.61. The summed E-state index contributed by atoms with van der Waals surface area (Å²) in [5.41, 5.74) is 7.92. The van der Waals surface area contributed by atoms with E-state index < -0.39 is 0 Å². The Balaban J connectivity index is 1.49. The first kappa shape index (κ1) is 17.7. The second-order valence-electron chi connectivity index (χ2n) is 7.24. The maximum absolute atomic E-state index is 12.7. The van der Waals surface area contributed by atoms with Crippen LogP contribution in [0.15, 0.2) is 24.3 Å². The van der Waals surface area contributed by atoms with Crippen molar-refractivity contribution in [2.45, 2.75) is 38.6 Å². The Morgan fingerprint density at radius 3 is 2.52 bits per heavy atom. The highest BCUT2D eigenvalue weighted by atomic mass is 16.2. The van der Waals surface area contributed by atoms with Crippen LogP contribution >= 0.6 is 0 Å². The summed E-state index contributed by atoms with van der Waals surface area (Å²) < 4.78 is 0. The van der Waals surface area contributed by atoms with Gasteiger partial charge in [0.1, 0.15) is 0 Å². The minimum absolute atomic E-state index is 0.0661. The number of benzene rings is 1. The van der Waals surface area contributed by atoms with Crippen molar-refractivity contribution in [3.8, 4) is 0 Å². The van der Waals surface area contributed by atoms with Crippen molar-refractivity contribution in [1.82, 2.24) is 9.80 Å². The van der Waals surface area contributed by atoms with Gasteiger partial charge in [-0.2, -0.15) is 0 Å². The van der Waals surface area contributed by atoms with Crippen molar-refractivity contribution in [3.63, 3.8) is 0 Å². The third-order valence-electron chi connectivity index (χ3n) is 5.21. The zero-order valence-electron chi connectivity index (χ0n) is 14.9. The number of hydrogen-bond acceptors (Lipinski definition) is 3. The van der Waals surface area contributed by atoms with Gasteiger partial charge in [-0.25, -0.2) is 4.79 Å². The summed E-state index contributed by atoms with van der Waals surface area (Å²) >= 11 is 0. The molecule has 1 aliphatic carbocycles. The van der Waals surface area contributed by atoms with E-state index in [1.807, 2.05) is 36.1 Å². The van der Waals surface area contributed by atoms with Crippen LogP contribution in [-0.2, 0) is 4.79 Å². The first-order valence-corrected chi connectivity index (χ1v) is 9.20. The molecule has 1 aromatic carbocycles. The molecule has 0 spiro atoms. The van der Waals surface area contributed by atoms with Crippen LogP contribution in [0.5, 0.6) is 0 Å². The van der Waals surface area contributed by atoms with Crippen molar-refractivity contribution < 1.29 is 9.59 Å². The minimum atomic E-state index is -0.0996. The second kappa shape index (κ2) is 7.87. The zero-order chi connectivity index (χ0) is 17.8. The van der Waals surface area contributed by atoms with Crippen LogP contribution in [0.25, 0.3) is 0 Å². The summed E-state index contributed by atoms with van der Waals surface area (Å²) in [5, 5.41) is 2.93. The van der Waals surface area contributed by atoms with Gasteiger partial charge in [0.25, 0.3) is 0 Å². The molecule has 2 unspecified atom stereocenters. The number of piperazine rings is 1. The van der Waals surface area contributed by atoms with E-state index in [4.69, 9.17) is 5.73 Å². The molecule has 2 atom stereocenters. The molecule has 1 saturated carbocycles. The molecule has 0 radical (unpaired) electrons. The standard InChI is InChI=1S/C19H28N4O2/c1-14-4-2-7-17(12-14)21-19(25)23-10-8-22(9-11-23)18(24)15-5-3-6-16(20)13-15/h2,4,7,12,15-16H,3,5-6,8-11,13,20H2,1H3,(H,21,25). The monoisotopic (exact) mass is 344 g/mol. The van der Waals surface area contributed by atoms with E-state index >= 15 is 0 Å². The van der Waals surface area contributed by atoms with Crippen molar-refractivity contribution in [2.24, 2.45) is 11.7 Å². The van der Waals surface area contributed by atoms with Gasteiger partial charge in [0, 0.05) is 43.8 Å². The van der Waals surface area contributed by atoms with Gasteiger partial charge in [0.15, 0.2) is 0 Å². The van der Waals surface area contributed by atoms with Crippen LogP contribution in [-0.4, -0.2) is 54.0 Å². The van der Waals surface area contributed by atoms with Crippen LogP contribution in [0.4, 0.5) is 10.5 Å². The number of carbonyl (C=O) groups excluding carboxylic acids is 2. The number of nitrogens with two attached hydrogens (primary N) is 1. The van der Waals surface area contributed by atoms with E-state index in [0.29, 0.717) is 26.2 Å². The van der Waals surface area contributed by atoms with Crippen LogP contribution in [0.1, 0.15) is 31.2 Å². The van der Waals surface area contributed by atoms with Crippen LogP contribution < -0.4 is 11.1 Å². The Labute approximate surface area is 149 Å². The van der Waals surface area contributed by atoms with E-state index in [1.54, 1.807) is 4.90 Å². The average molecular weight is 344 g/mol. The Kier molecular flexibility index (Phi) is 5.58. The first-order chi connectivity index (χ1) is 12.0. The molecule has 136 valence electrons. The molecule has 1 saturated heterocycles. The Bertz CT molecular complexity index is 626. The van der Waals surface area contributed by atoms with Gasteiger partial charge in [0.05, 0.1) is 0 Å². The smallest absolute Gasteiger partial charge is 0.321 e. The lowest BCUT2D eigenvalue weighted by Gasteiger charge is -2.37. The maximum Gasteiger partial charge on any atom is 0.321 e. The lowest BCUT2D eigenvalue weighted by atomic mass is 9.85. The van der Waals surface area contributed by atoms with Gasteiger partial charge in [-0.1, -0.05) is 18.6 Å². The summed E-state index contributed by atoms with van der Waals surface area (Å²) in [6.07, 6.45) is 3.81. The molecular formula is C19H28N4O2. The molecule has 0 aromatic heterocycles. The van der Waals surface area contributed by atoms with Crippen molar-refractivity contribution in [2.75, 3.05) is 31.5 Å². The van der Waals surface area contributed by atoms with Crippen molar-refractivity contribution in [3.05, 3.63) is 29.8 Å². The minimum Gasteiger partial charge on any atom is -0.339 e. The van der Waals surface area contributed by atoms with Gasteiger partial charge in [0.2, 0.25) is 5.91 Å². The maximum atomic E-state index is 12.7. The largest absolute Gasteiger partial charge is 0.339 e. The quantitative estimate of drug-likeness (QED) is 0.863. The molecule has 6 nitrogen and oxygen atoms in total. The number of amides is 3.